The lowest BCUT2D eigenvalue weighted by molar-refractivity contribution is -0.0434. The van der Waals surface area contributed by atoms with E-state index < -0.39 is 5.66 Å². The maximum Gasteiger partial charge on any atom is 0.409 e. The van der Waals surface area contributed by atoms with Crippen molar-refractivity contribution < 1.29 is 28.5 Å². The molecule has 1 aromatic heterocycles. The first-order valence-electron chi connectivity index (χ1n) is 12.4. The van der Waals surface area contributed by atoms with Gasteiger partial charge in [0.15, 0.2) is 11.4 Å². The number of unbranched alkanes of at least 4 members (excludes halogenated alkanes) is 1. The van der Waals surface area contributed by atoms with E-state index >= 15 is 0 Å². The van der Waals surface area contributed by atoms with Crippen LogP contribution in [0.4, 0.5) is 4.79 Å². The van der Waals surface area contributed by atoms with Crippen molar-refractivity contribution in [3.05, 3.63) is 26.1 Å². The minimum atomic E-state index is -0.715. The van der Waals surface area contributed by atoms with Crippen LogP contribution in [0.2, 0.25) is 0 Å². The van der Waals surface area contributed by atoms with Crippen molar-refractivity contribution in [2.75, 3.05) is 58.8 Å². The quantitative estimate of drug-likeness (QED) is 0.311. The molecule has 0 aromatic carbocycles. The van der Waals surface area contributed by atoms with Crippen molar-refractivity contribution in [1.82, 2.24) is 14.5 Å². The maximum absolute atomic E-state index is 14.1. The van der Waals surface area contributed by atoms with Gasteiger partial charge in [0.2, 0.25) is 5.43 Å². The average Bonchev–Trinajstić information content (AvgIpc) is 2.87. The number of carbonyl (C=O) groups is 2. The first-order chi connectivity index (χ1) is 17.3. The highest BCUT2D eigenvalue weighted by molar-refractivity contribution is 9.10. The van der Waals surface area contributed by atoms with Crippen molar-refractivity contribution in [1.29, 1.82) is 0 Å². The molecule has 0 radical (unpaired) electrons. The molecule has 0 aliphatic carbocycles. The normalized spacial score (nSPS) is 16.9. The molecule has 1 saturated heterocycles. The SMILES string of the molecule is CCCCOc1c2n(c(COCOC)c(Br)c1=O)N(C)C1(CCN(C(=O)OCC)CC1)N(CC)C2=O. The van der Waals surface area contributed by atoms with Crippen molar-refractivity contribution in [3.63, 3.8) is 0 Å². The fourth-order valence-electron chi connectivity index (χ4n) is 4.95. The highest BCUT2D eigenvalue weighted by Gasteiger charge is 2.52. The number of carbonyl (C=O) groups excluding carboxylic acids is 2. The Morgan fingerprint density at radius 2 is 1.83 bits per heavy atom. The zero-order valence-corrected chi connectivity index (χ0v) is 23.4. The molecule has 11 nitrogen and oxygen atoms in total. The van der Waals surface area contributed by atoms with Crippen LogP contribution in [0.3, 0.4) is 0 Å². The molecule has 3 heterocycles. The number of nitrogens with zero attached hydrogens (tertiary/aromatic N) is 4. The zero-order valence-electron chi connectivity index (χ0n) is 21.8. The Balaban J connectivity index is 2.13. The molecule has 1 aromatic rings. The summed E-state index contributed by atoms with van der Waals surface area (Å²) in [6, 6.07) is 0. The van der Waals surface area contributed by atoms with Gasteiger partial charge < -0.3 is 28.7 Å². The lowest BCUT2D eigenvalue weighted by Crippen LogP contribution is -2.72. The van der Waals surface area contributed by atoms with Crippen LogP contribution >= 0.6 is 15.9 Å². The van der Waals surface area contributed by atoms with E-state index in [9.17, 15) is 14.4 Å². The Labute approximate surface area is 220 Å². The van der Waals surface area contributed by atoms with E-state index in [2.05, 4.69) is 15.9 Å². The number of amides is 2. The lowest BCUT2D eigenvalue weighted by Gasteiger charge is -2.57. The second kappa shape index (κ2) is 12.3. The van der Waals surface area contributed by atoms with Crippen LogP contribution in [0.5, 0.6) is 5.75 Å². The molecule has 2 aliphatic rings. The topological polar surface area (TPSA) is 103 Å². The van der Waals surface area contributed by atoms with Gasteiger partial charge in [-0.1, -0.05) is 13.3 Å². The summed E-state index contributed by atoms with van der Waals surface area (Å²) in [5.74, 6) is -0.260. The van der Waals surface area contributed by atoms with Gasteiger partial charge in [-0.3, -0.25) is 14.6 Å². The van der Waals surface area contributed by atoms with Crippen LogP contribution < -0.4 is 15.2 Å². The van der Waals surface area contributed by atoms with Crippen molar-refractivity contribution in [2.24, 2.45) is 0 Å². The summed E-state index contributed by atoms with van der Waals surface area (Å²) < 4.78 is 23.8. The minimum absolute atomic E-state index is 0.0277. The molecule has 0 saturated carbocycles. The van der Waals surface area contributed by atoms with Gasteiger partial charge in [-0.25, -0.2) is 9.47 Å². The number of piperidine rings is 1. The van der Waals surface area contributed by atoms with Gasteiger partial charge in [0.25, 0.3) is 5.91 Å². The molecule has 36 heavy (non-hydrogen) atoms. The number of likely N-dealkylation sites (tertiary alicyclic amines) is 1. The van der Waals surface area contributed by atoms with Crippen molar-refractivity contribution in [3.8, 4) is 5.75 Å². The van der Waals surface area contributed by atoms with Gasteiger partial charge in [0, 0.05) is 46.6 Å². The molecule has 12 heteroatoms. The smallest absolute Gasteiger partial charge is 0.409 e. The summed E-state index contributed by atoms with van der Waals surface area (Å²) in [6.45, 7) is 7.71. The third kappa shape index (κ3) is 5.08. The number of fused-ring (bicyclic) bond motifs is 1. The summed E-state index contributed by atoms with van der Waals surface area (Å²) in [6.07, 6.45) is 2.31. The summed E-state index contributed by atoms with van der Waals surface area (Å²) in [4.78, 5) is 43.2. The van der Waals surface area contributed by atoms with Crippen LogP contribution in [0, 0.1) is 0 Å². The third-order valence-corrected chi connectivity index (χ3v) is 7.60. The van der Waals surface area contributed by atoms with Gasteiger partial charge in [-0.2, -0.15) is 0 Å². The Hall–Kier alpha value is -2.31. The van der Waals surface area contributed by atoms with Crippen LogP contribution in [0.25, 0.3) is 0 Å². The van der Waals surface area contributed by atoms with Gasteiger partial charge in [-0.05, 0) is 36.2 Å². The monoisotopic (exact) mass is 572 g/mol. The van der Waals surface area contributed by atoms with Crippen LogP contribution in [-0.2, 0) is 20.8 Å². The largest absolute Gasteiger partial charge is 0.487 e. The number of aromatic nitrogens is 1. The molecule has 1 spiro atoms. The zero-order chi connectivity index (χ0) is 26.5. The molecule has 2 aliphatic heterocycles. The summed E-state index contributed by atoms with van der Waals surface area (Å²) >= 11 is 3.45. The Morgan fingerprint density at radius 3 is 2.42 bits per heavy atom. The molecule has 1 fully saturated rings. The number of ether oxygens (including phenoxy) is 4. The molecule has 0 N–H and O–H groups in total. The number of halogens is 1. The highest BCUT2D eigenvalue weighted by Crippen LogP contribution is 2.39. The van der Waals surface area contributed by atoms with Crippen molar-refractivity contribution >= 4 is 27.9 Å². The fraction of sp³-hybridized carbons (Fsp3) is 0.708. The summed E-state index contributed by atoms with van der Waals surface area (Å²) in [5.41, 5.74) is -0.432. The lowest BCUT2D eigenvalue weighted by atomic mass is 9.92. The molecule has 2 amide bonds. The van der Waals surface area contributed by atoms with Crippen molar-refractivity contribution in [2.45, 2.75) is 58.7 Å². The van der Waals surface area contributed by atoms with E-state index in [0.717, 1.165) is 12.8 Å². The number of rotatable bonds is 10. The second-order valence-corrected chi connectivity index (χ2v) is 9.57. The van der Waals surface area contributed by atoms with E-state index in [0.29, 0.717) is 51.4 Å². The molecular weight excluding hydrogens is 536 g/mol. The number of hydrogen-bond acceptors (Lipinski definition) is 8. The summed E-state index contributed by atoms with van der Waals surface area (Å²) in [7, 11) is 3.41. The Morgan fingerprint density at radius 1 is 1.14 bits per heavy atom. The number of pyridine rings is 1. The Bertz CT molecular complexity index is 1010. The van der Waals surface area contributed by atoms with E-state index in [4.69, 9.17) is 18.9 Å². The minimum Gasteiger partial charge on any atom is -0.487 e. The van der Waals surface area contributed by atoms with Crippen LogP contribution in [0.1, 0.15) is 62.6 Å². The van der Waals surface area contributed by atoms with Gasteiger partial charge in [0.1, 0.15) is 12.5 Å². The first kappa shape index (κ1) is 28.3. The van der Waals surface area contributed by atoms with E-state index in [1.54, 1.807) is 21.4 Å². The maximum atomic E-state index is 14.1. The molecule has 3 rings (SSSR count). The van der Waals surface area contributed by atoms with Gasteiger partial charge >= 0.3 is 6.09 Å². The first-order valence-corrected chi connectivity index (χ1v) is 13.2. The average molecular weight is 573 g/mol. The number of hydrogen-bond donors (Lipinski definition) is 0. The Kier molecular flexibility index (Phi) is 9.65. The van der Waals surface area contributed by atoms with E-state index in [-0.39, 0.29) is 46.7 Å². The van der Waals surface area contributed by atoms with Gasteiger partial charge in [0.05, 0.1) is 30.0 Å². The van der Waals surface area contributed by atoms with Crippen LogP contribution in [-0.4, -0.2) is 85.9 Å². The van der Waals surface area contributed by atoms with E-state index in [1.165, 1.54) is 7.11 Å². The highest BCUT2D eigenvalue weighted by atomic mass is 79.9. The molecule has 202 valence electrons. The fourth-order valence-corrected chi connectivity index (χ4v) is 5.41. The van der Waals surface area contributed by atoms with Gasteiger partial charge in [-0.15, -0.1) is 0 Å². The summed E-state index contributed by atoms with van der Waals surface area (Å²) in [5, 5.41) is 1.98. The second-order valence-electron chi connectivity index (χ2n) is 8.78. The predicted molar refractivity (Wildman–Crippen MR) is 137 cm³/mol. The predicted octanol–water partition coefficient (Wildman–Crippen LogP) is 2.90. The molecular formula is C24H37BrN4O7. The molecule has 0 bridgehead atoms. The molecule has 0 unspecified atom stereocenters. The number of methoxy groups -OCH3 is 1. The standard InChI is InChI=1S/C24H37BrN4O7/c1-6-9-14-36-21-19-22(31)28(7-2)24(10-12-27(13-11-24)23(32)35-8-3)26(4)29(19)17(15-34-16-33-5)18(25)20(21)30/h6-16H2,1-5H3. The van der Waals surface area contributed by atoms with E-state index in [1.807, 2.05) is 25.9 Å². The molecule has 0 atom stereocenters. The van der Waals surface area contributed by atoms with Crippen LogP contribution in [0.15, 0.2) is 9.27 Å². The third-order valence-electron chi connectivity index (χ3n) is 6.78.